The van der Waals surface area contributed by atoms with Crippen molar-refractivity contribution in [2.24, 2.45) is 17.8 Å². The first kappa shape index (κ1) is 28.7. The average molecular weight is 482 g/mol. The summed E-state index contributed by atoms with van der Waals surface area (Å²) in [6.45, 7) is 26.4. The standard InChI is InChI=1S/C34H59N/c1-24-29(31(2,3)4)20-27(21-30(24)32(5,6)7)18-15-25-13-16-26(17-14-25)19-28-22-33(8,9)35(12)34(10,11)23-28/h20-21,25-26,28H,13-19,22-23H2,1-12H3. The van der Waals surface area contributed by atoms with Gasteiger partial charge in [0.15, 0.2) is 0 Å². The second kappa shape index (κ2) is 10.2. The number of piperidine rings is 1. The molecule has 1 heterocycles. The molecule has 1 heteroatoms. The minimum atomic E-state index is 0.204. The van der Waals surface area contributed by atoms with Gasteiger partial charge < -0.3 is 0 Å². The van der Waals surface area contributed by atoms with E-state index in [1.807, 2.05) is 0 Å². The Kier molecular flexibility index (Phi) is 8.34. The van der Waals surface area contributed by atoms with Crippen molar-refractivity contribution in [2.75, 3.05) is 7.05 Å². The molecule has 1 saturated heterocycles. The molecule has 1 aliphatic heterocycles. The molecule has 0 spiro atoms. The molecular weight excluding hydrogens is 422 g/mol. The van der Waals surface area contributed by atoms with E-state index in [9.17, 15) is 0 Å². The molecule has 200 valence electrons. The van der Waals surface area contributed by atoms with Crippen molar-refractivity contribution in [2.45, 2.75) is 156 Å². The number of benzene rings is 1. The van der Waals surface area contributed by atoms with E-state index in [1.54, 1.807) is 16.7 Å². The van der Waals surface area contributed by atoms with Gasteiger partial charge in [-0.25, -0.2) is 0 Å². The van der Waals surface area contributed by atoms with Gasteiger partial charge in [0.2, 0.25) is 0 Å². The summed E-state index contributed by atoms with van der Waals surface area (Å²) in [6, 6.07) is 5.08. The van der Waals surface area contributed by atoms with E-state index in [2.05, 4.69) is 100 Å². The van der Waals surface area contributed by atoms with Gasteiger partial charge >= 0.3 is 0 Å². The van der Waals surface area contributed by atoms with E-state index in [-0.39, 0.29) is 10.8 Å². The summed E-state index contributed by atoms with van der Waals surface area (Å²) < 4.78 is 0. The topological polar surface area (TPSA) is 3.24 Å². The van der Waals surface area contributed by atoms with Crippen molar-refractivity contribution >= 4 is 0 Å². The van der Waals surface area contributed by atoms with Gasteiger partial charge in [-0.1, -0.05) is 79.4 Å². The van der Waals surface area contributed by atoms with Gasteiger partial charge in [0, 0.05) is 11.1 Å². The first-order valence-electron chi connectivity index (χ1n) is 14.8. The predicted octanol–water partition coefficient (Wildman–Crippen LogP) is 9.62. The van der Waals surface area contributed by atoms with Crippen LogP contribution in [-0.2, 0) is 17.3 Å². The zero-order valence-electron chi connectivity index (χ0n) is 25.7. The highest BCUT2D eigenvalue weighted by Gasteiger charge is 2.43. The fourth-order valence-corrected chi connectivity index (χ4v) is 7.82. The van der Waals surface area contributed by atoms with Crippen molar-refractivity contribution < 1.29 is 0 Å². The summed E-state index contributed by atoms with van der Waals surface area (Å²) >= 11 is 0. The lowest BCUT2D eigenvalue weighted by atomic mass is 9.68. The summed E-state index contributed by atoms with van der Waals surface area (Å²) in [4.78, 5) is 2.63. The smallest absolute Gasteiger partial charge is 0.0158 e. The number of hydrogen-bond donors (Lipinski definition) is 0. The van der Waals surface area contributed by atoms with Crippen LogP contribution in [0.3, 0.4) is 0 Å². The average Bonchev–Trinajstić information content (AvgIpc) is 2.70. The van der Waals surface area contributed by atoms with E-state index in [4.69, 9.17) is 0 Å². The minimum Gasteiger partial charge on any atom is -0.296 e. The molecule has 0 amide bonds. The third kappa shape index (κ3) is 6.94. The quantitative estimate of drug-likeness (QED) is 0.404. The minimum absolute atomic E-state index is 0.204. The SMILES string of the molecule is Cc1c(C(C)(C)C)cc(CCC2CCC(CC3CC(C)(C)N(C)C(C)(C)C3)CC2)cc1C(C)(C)C. The Balaban J connectivity index is 1.58. The highest BCUT2D eigenvalue weighted by molar-refractivity contribution is 5.45. The lowest BCUT2D eigenvalue weighted by Crippen LogP contribution is -2.58. The zero-order chi connectivity index (χ0) is 26.4. The normalized spacial score (nSPS) is 26.2. The van der Waals surface area contributed by atoms with Gasteiger partial charge in [0.25, 0.3) is 0 Å². The Hall–Kier alpha value is -0.820. The van der Waals surface area contributed by atoms with Crippen molar-refractivity contribution in [3.8, 4) is 0 Å². The second-order valence-electron chi connectivity index (χ2n) is 15.9. The Morgan fingerprint density at radius 3 is 1.60 bits per heavy atom. The summed E-state index contributed by atoms with van der Waals surface area (Å²) in [5.74, 6) is 2.79. The summed E-state index contributed by atoms with van der Waals surface area (Å²) in [5, 5.41) is 0. The Bertz CT molecular complexity index is 799. The number of aryl methyl sites for hydroxylation is 1. The van der Waals surface area contributed by atoms with Crippen LogP contribution >= 0.6 is 0 Å². The Morgan fingerprint density at radius 1 is 0.743 bits per heavy atom. The number of rotatable bonds is 5. The maximum Gasteiger partial charge on any atom is 0.0158 e. The van der Waals surface area contributed by atoms with E-state index >= 15 is 0 Å². The molecule has 35 heavy (non-hydrogen) atoms. The van der Waals surface area contributed by atoms with Crippen molar-refractivity contribution in [1.82, 2.24) is 4.90 Å². The molecule has 2 aliphatic rings. The van der Waals surface area contributed by atoms with E-state index < -0.39 is 0 Å². The van der Waals surface area contributed by atoms with E-state index in [1.165, 1.54) is 63.4 Å². The molecule has 1 aliphatic carbocycles. The lowest BCUT2D eigenvalue weighted by Gasteiger charge is -2.54. The molecular formula is C34H59N. The molecule has 0 bridgehead atoms. The van der Waals surface area contributed by atoms with Crippen LogP contribution in [0, 0.1) is 24.7 Å². The molecule has 0 atom stereocenters. The van der Waals surface area contributed by atoms with Gasteiger partial charge in [-0.05, 0) is 125 Å². The maximum absolute atomic E-state index is 2.63. The summed E-state index contributed by atoms with van der Waals surface area (Å²) in [5.41, 5.74) is 7.24. The monoisotopic (exact) mass is 481 g/mol. The summed E-state index contributed by atoms with van der Waals surface area (Å²) in [7, 11) is 2.34. The van der Waals surface area contributed by atoms with Gasteiger partial charge in [0.1, 0.15) is 0 Å². The predicted molar refractivity (Wildman–Crippen MR) is 156 cm³/mol. The molecule has 0 unspecified atom stereocenters. The molecule has 1 saturated carbocycles. The van der Waals surface area contributed by atoms with Gasteiger partial charge in [-0.2, -0.15) is 0 Å². The highest BCUT2D eigenvalue weighted by Crippen LogP contribution is 2.45. The van der Waals surface area contributed by atoms with Crippen LogP contribution in [0.4, 0.5) is 0 Å². The fraction of sp³-hybridized carbons (Fsp3) is 0.824. The van der Waals surface area contributed by atoms with Crippen LogP contribution in [-0.4, -0.2) is 23.0 Å². The molecule has 1 nitrogen and oxygen atoms in total. The first-order valence-corrected chi connectivity index (χ1v) is 14.8. The Morgan fingerprint density at radius 2 is 1.17 bits per heavy atom. The van der Waals surface area contributed by atoms with Crippen LogP contribution in [0.1, 0.15) is 143 Å². The lowest BCUT2D eigenvalue weighted by molar-refractivity contribution is -0.0365. The van der Waals surface area contributed by atoms with Crippen LogP contribution in [0.25, 0.3) is 0 Å². The molecule has 2 fully saturated rings. The molecule has 3 rings (SSSR count). The summed E-state index contributed by atoms with van der Waals surface area (Å²) in [6.07, 6.45) is 12.7. The van der Waals surface area contributed by atoms with Crippen molar-refractivity contribution in [3.05, 3.63) is 34.4 Å². The van der Waals surface area contributed by atoms with Gasteiger partial charge in [-0.3, -0.25) is 4.90 Å². The molecule has 1 aromatic rings. The van der Waals surface area contributed by atoms with Crippen molar-refractivity contribution in [3.63, 3.8) is 0 Å². The van der Waals surface area contributed by atoms with Crippen LogP contribution in [0.15, 0.2) is 12.1 Å². The van der Waals surface area contributed by atoms with E-state index in [0.717, 1.165) is 17.8 Å². The third-order valence-corrected chi connectivity index (χ3v) is 9.95. The molecule has 0 aromatic heterocycles. The zero-order valence-corrected chi connectivity index (χ0v) is 25.7. The van der Waals surface area contributed by atoms with Crippen LogP contribution < -0.4 is 0 Å². The first-order chi connectivity index (χ1) is 15.9. The third-order valence-electron chi connectivity index (χ3n) is 9.95. The number of nitrogens with zero attached hydrogens (tertiary/aromatic N) is 1. The maximum atomic E-state index is 2.63. The molecule has 0 N–H and O–H groups in total. The van der Waals surface area contributed by atoms with Crippen molar-refractivity contribution in [1.29, 1.82) is 0 Å². The van der Waals surface area contributed by atoms with Crippen LogP contribution in [0.5, 0.6) is 0 Å². The van der Waals surface area contributed by atoms with Gasteiger partial charge in [-0.15, -0.1) is 0 Å². The second-order valence-corrected chi connectivity index (χ2v) is 15.9. The number of hydrogen-bond acceptors (Lipinski definition) is 1. The number of likely N-dealkylation sites (tertiary alicyclic amines) is 1. The Labute approximate surface area is 219 Å². The van der Waals surface area contributed by atoms with E-state index in [0.29, 0.717) is 11.1 Å². The highest BCUT2D eigenvalue weighted by atomic mass is 15.2. The van der Waals surface area contributed by atoms with Crippen LogP contribution in [0.2, 0.25) is 0 Å². The largest absolute Gasteiger partial charge is 0.296 e. The molecule has 0 radical (unpaired) electrons. The van der Waals surface area contributed by atoms with Gasteiger partial charge in [0.05, 0.1) is 0 Å². The fourth-order valence-electron chi connectivity index (χ4n) is 7.82. The molecule has 1 aromatic carbocycles.